The highest BCUT2D eigenvalue weighted by Gasteiger charge is 2.30. The summed E-state index contributed by atoms with van der Waals surface area (Å²) in [6.45, 7) is 4.12. The Morgan fingerprint density at radius 1 is 1.15 bits per heavy atom. The van der Waals surface area contributed by atoms with Gasteiger partial charge in [-0.25, -0.2) is 0 Å². The summed E-state index contributed by atoms with van der Waals surface area (Å²) in [6.07, 6.45) is 1.71. The minimum absolute atomic E-state index is 0.0949. The minimum atomic E-state index is 0.0949. The highest BCUT2D eigenvalue weighted by Crippen LogP contribution is 2.32. The summed E-state index contributed by atoms with van der Waals surface area (Å²) >= 11 is 0. The lowest BCUT2D eigenvalue weighted by atomic mass is 10.1. The first-order valence-corrected chi connectivity index (χ1v) is 8.91. The van der Waals surface area contributed by atoms with Crippen molar-refractivity contribution in [3.05, 3.63) is 65.5 Å². The van der Waals surface area contributed by atoms with E-state index in [4.69, 9.17) is 4.42 Å². The van der Waals surface area contributed by atoms with Crippen LogP contribution < -0.4 is 4.90 Å². The molecule has 0 saturated heterocycles. The lowest BCUT2D eigenvalue weighted by Gasteiger charge is -2.22. The molecule has 2 aromatic carbocycles. The smallest absolute Gasteiger partial charge is 0.247 e. The first-order valence-electron chi connectivity index (χ1n) is 8.91. The monoisotopic (exact) mass is 347 g/mol. The Balaban J connectivity index is 1.43. The molecule has 1 amide bonds. The summed E-state index contributed by atoms with van der Waals surface area (Å²) in [5, 5.41) is 8.19. The molecule has 2 heterocycles. The van der Waals surface area contributed by atoms with Gasteiger partial charge in [-0.05, 0) is 44.0 Å². The van der Waals surface area contributed by atoms with Crippen LogP contribution in [0.25, 0.3) is 11.5 Å². The van der Waals surface area contributed by atoms with E-state index >= 15 is 0 Å². The first-order chi connectivity index (χ1) is 12.6. The molecule has 4 rings (SSSR count). The Morgan fingerprint density at radius 3 is 2.73 bits per heavy atom. The van der Waals surface area contributed by atoms with E-state index in [9.17, 15) is 4.79 Å². The number of anilines is 1. The average Bonchev–Trinajstić information content (AvgIpc) is 3.24. The molecule has 0 fully saturated rings. The van der Waals surface area contributed by atoms with Crippen LogP contribution in [0.15, 0.2) is 52.9 Å². The molecular formula is C21H21N3O2. The molecule has 0 bridgehead atoms. The maximum Gasteiger partial charge on any atom is 0.247 e. The van der Waals surface area contributed by atoms with Gasteiger partial charge in [-0.1, -0.05) is 35.9 Å². The number of carbonyl (C=O) groups is 1. The molecule has 1 atom stereocenters. The Labute approximate surface area is 152 Å². The predicted octanol–water partition coefficient (Wildman–Crippen LogP) is 3.96. The highest BCUT2D eigenvalue weighted by molar-refractivity contribution is 5.96. The molecular weight excluding hydrogens is 326 g/mol. The third-order valence-corrected chi connectivity index (χ3v) is 4.79. The van der Waals surface area contributed by atoms with Gasteiger partial charge in [-0.15, -0.1) is 10.2 Å². The number of nitrogens with zero attached hydrogens (tertiary/aromatic N) is 3. The molecule has 0 spiro atoms. The molecule has 0 N–H and O–H groups in total. The van der Waals surface area contributed by atoms with Crippen molar-refractivity contribution in [3.63, 3.8) is 0 Å². The average molecular weight is 347 g/mol. The SMILES string of the molecule is Cc1ccc(-c2nnc(CCC(=O)N3c4ccccc4C[C@H]3C)o2)cc1. The third-order valence-electron chi connectivity index (χ3n) is 4.79. The van der Waals surface area contributed by atoms with Crippen molar-refractivity contribution < 1.29 is 9.21 Å². The number of amides is 1. The molecule has 3 aromatic rings. The first kappa shape index (κ1) is 16.5. The fourth-order valence-electron chi connectivity index (χ4n) is 3.45. The number of aryl methyl sites for hydroxylation is 2. The molecule has 0 aliphatic carbocycles. The van der Waals surface area contributed by atoms with Crippen LogP contribution in [0, 0.1) is 6.92 Å². The van der Waals surface area contributed by atoms with E-state index in [0.29, 0.717) is 24.6 Å². The van der Waals surface area contributed by atoms with Crippen LogP contribution in [-0.4, -0.2) is 22.1 Å². The quantitative estimate of drug-likeness (QED) is 0.717. The minimum Gasteiger partial charge on any atom is -0.421 e. The van der Waals surface area contributed by atoms with Crippen molar-refractivity contribution in [2.45, 2.75) is 39.2 Å². The van der Waals surface area contributed by atoms with E-state index in [2.05, 4.69) is 23.2 Å². The zero-order valence-electron chi connectivity index (χ0n) is 15.0. The van der Waals surface area contributed by atoms with Crippen LogP contribution >= 0.6 is 0 Å². The van der Waals surface area contributed by atoms with E-state index in [1.807, 2.05) is 54.3 Å². The van der Waals surface area contributed by atoms with E-state index < -0.39 is 0 Å². The van der Waals surface area contributed by atoms with Gasteiger partial charge in [0.1, 0.15) is 0 Å². The molecule has 0 radical (unpaired) electrons. The Bertz CT molecular complexity index is 930. The second kappa shape index (κ2) is 6.75. The number of hydrogen-bond acceptors (Lipinski definition) is 4. The topological polar surface area (TPSA) is 59.2 Å². The van der Waals surface area contributed by atoms with Crippen molar-refractivity contribution in [1.82, 2.24) is 10.2 Å². The van der Waals surface area contributed by atoms with Crippen LogP contribution in [-0.2, 0) is 17.6 Å². The zero-order chi connectivity index (χ0) is 18.1. The van der Waals surface area contributed by atoms with Crippen LogP contribution in [0.2, 0.25) is 0 Å². The van der Waals surface area contributed by atoms with Gasteiger partial charge in [0.05, 0.1) is 0 Å². The highest BCUT2D eigenvalue weighted by atomic mass is 16.4. The van der Waals surface area contributed by atoms with Crippen molar-refractivity contribution in [2.75, 3.05) is 4.90 Å². The number of fused-ring (bicyclic) bond motifs is 1. The van der Waals surface area contributed by atoms with Crippen molar-refractivity contribution in [3.8, 4) is 11.5 Å². The Hall–Kier alpha value is -2.95. The normalized spacial score (nSPS) is 15.9. The van der Waals surface area contributed by atoms with Gasteiger partial charge in [0.15, 0.2) is 0 Å². The van der Waals surface area contributed by atoms with Gasteiger partial charge in [0.2, 0.25) is 17.7 Å². The van der Waals surface area contributed by atoms with Crippen LogP contribution in [0.4, 0.5) is 5.69 Å². The second-order valence-electron chi connectivity index (χ2n) is 6.81. The zero-order valence-corrected chi connectivity index (χ0v) is 15.0. The standard InChI is InChI=1S/C21H21N3O2/c1-14-7-9-16(10-8-14)21-23-22-19(26-21)11-12-20(25)24-15(2)13-17-5-3-4-6-18(17)24/h3-10,15H,11-13H2,1-2H3/t15-/m1/s1. The van der Waals surface area contributed by atoms with Crippen molar-refractivity contribution in [2.24, 2.45) is 0 Å². The largest absolute Gasteiger partial charge is 0.421 e. The Kier molecular flexibility index (Phi) is 4.29. The number of rotatable bonds is 4. The van der Waals surface area contributed by atoms with Crippen LogP contribution in [0.1, 0.15) is 30.4 Å². The molecule has 0 unspecified atom stereocenters. The summed E-state index contributed by atoms with van der Waals surface area (Å²) in [7, 11) is 0. The number of carbonyl (C=O) groups excluding carboxylic acids is 1. The number of hydrogen-bond donors (Lipinski definition) is 0. The summed E-state index contributed by atoms with van der Waals surface area (Å²) < 4.78 is 5.73. The van der Waals surface area contributed by atoms with E-state index in [-0.39, 0.29) is 11.9 Å². The van der Waals surface area contributed by atoms with E-state index in [1.54, 1.807) is 0 Å². The fraction of sp³-hybridized carbons (Fsp3) is 0.286. The lowest BCUT2D eigenvalue weighted by molar-refractivity contribution is -0.118. The van der Waals surface area contributed by atoms with Crippen molar-refractivity contribution in [1.29, 1.82) is 0 Å². The van der Waals surface area contributed by atoms with Crippen molar-refractivity contribution >= 4 is 11.6 Å². The van der Waals surface area contributed by atoms with Gasteiger partial charge < -0.3 is 9.32 Å². The lowest BCUT2D eigenvalue weighted by Crippen LogP contribution is -2.35. The summed E-state index contributed by atoms with van der Waals surface area (Å²) in [4.78, 5) is 14.6. The summed E-state index contributed by atoms with van der Waals surface area (Å²) in [5.74, 6) is 1.08. The molecule has 1 aliphatic rings. The maximum absolute atomic E-state index is 12.7. The summed E-state index contributed by atoms with van der Waals surface area (Å²) in [5.41, 5.74) is 4.32. The van der Waals surface area contributed by atoms with Crippen LogP contribution in [0.5, 0.6) is 0 Å². The molecule has 1 aromatic heterocycles. The van der Waals surface area contributed by atoms with E-state index in [0.717, 1.165) is 17.7 Å². The van der Waals surface area contributed by atoms with Gasteiger partial charge in [-0.2, -0.15) is 0 Å². The second-order valence-corrected chi connectivity index (χ2v) is 6.81. The molecule has 0 saturated carbocycles. The molecule has 1 aliphatic heterocycles. The molecule has 5 nitrogen and oxygen atoms in total. The predicted molar refractivity (Wildman–Crippen MR) is 99.9 cm³/mol. The van der Waals surface area contributed by atoms with Gasteiger partial charge in [0, 0.05) is 30.1 Å². The molecule has 5 heteroatoms. The van der Waals surface area contributed by atoms with Gasteiger partial charge in [0.25, 0.3) is 0 Å². The van der Waals surface area contributed by atoms with Gasteiger partial charge >= 0.3 is 0 Å². The molecule has 26 heavy (non-hydrogen) atoms. The third kappa shape index (κ3) is 3.12. The van der Waals surface area contributed by atoms with E-state index in [1.165, 1.54) is 11.1 Å². The number of benzene rings is 2. The number of aromatic nitrogens is 2. The molecule has 132 valence electrons. The number of para-hydroxylation sites is 1. The maximum atomic E-state index is 12.7. The van der Waals surface area contributed by atoms with Gasteiger partial charge in [-0.3, -0.25) is 4.79 Å². The van der Waals surface area contributed by atoms with Crippen LogP contribution in [0.3, 0.4) is 0 Å². The Morgan fingerprint density at radius 2 is 1.92 bits per heavy atom. The fourth-order valence-corrected chi connectivity index (χ4v) is 3.45. The summed E-state index contributed by atoms with van der Waals surface area (Å²) in [6, 6.07) is 16.2.